The van der Waals surface area contributed by atoms with Gasteiger partial charge in [-0.05, 0) is 123 Å². The molecule has 2 N–H and O–H groups in total. The molecule has 5 aliphatic heterocycles. The summed E-state index contributed by atoms with van der Waals surface area (Å²) >= 11 is 1.54. The summed E-state index contributed by atoms with van der Waals surface area (Å²) in [5.41, 5.74) is 5.78. The van der Waals surface area contributed by atoms with E-state index in [1.54, 1.807) is 37.3 Å². The summed E-state index contributed by atoms with van der Waals surface area (Å²) in [6.45, 7) is 11.8. The first-order valence-corrected chi connectivity index (χ1v) is 24.3. The predicted molar refractivity (Wildman–Crippen MR) is 253 cm³/mol. The van der Waals surface area contributed by atoms with Crippen molar-refractivity contribution in [3.63, 3.8) is 0 Å². The molecular formula is C49H58N10O6S. The fourth-order valence-electron chi connectivity index (χ4n) is 10.5. The van der Waals surface area contributed by atoms with Gasteiger partial charge in [0.1, 0.15) is 17.2 Å². The molecule has 0 spiro atoms. The van der Waals surface area contributed by atoms with Crippen molar-refractivity contribution in [1.82, 2.24) is 35.0 Å². The summed E-state index contributed by atoms with van der Waals surface area (Å²) in [5.74, 6) is 1.68. The molecule has 66 heavy (non-hydrogen) atoms. The Labute approximate surface area is 389 Å². The number of piperidine rings is 3. The Morgan fingerprint density at radius 2 is 1.62 bits per heavy atom. The SMILES string of the molecule is CN(C(=O)c1cc(N2CCC(CN3CCC(CN4CCN(c5cccc(SNc6noc7cc(Cn8cccn8)c8c(c67)OCC8)c5)CC4)CC3)CC2)ccc1C=O)C1CCC(=O)NC1=O. The number of imide groups is 1. The van der Waals surface area contributed by atoms with E-state index < -0.39 is 17.9 Å². The number of likely N-dealkylation sites (tertiary alicyclic amines) is 1. The lowest BCUT2D eigenvalue weighted by atomic mass is 9.92. The van der Waals surface area contributed by atoms with Crippen LogP contribution in [0, 0.1) is 11.8 Å². The maximum Gasteiger partial charge on any atom is 0.255 e. The number of hydrogen-bond donors (Lipinski definition) is 2. The van der Waals surface area contributed by atoms with Crippen molar-refractivity contribution in [2.75, 3.05) is 93.6 Å². The van der Waals surface area contributed by atoms with Crippen LogP contribution in [0.25, 0.3) is 11.0 Å². The number of aldehydes is 1. The minimum absolute atomic E-state index is 0.177. The second kappa shape index (κ2) is 19.5. The Morgan fingerprint density at radius 1 is 0.879 bits per heavy atom. The van der Waals surface area contributed by atoms with Crippen LogP contribution in [-0.2, 0) is 22.6 Å². The number of likely N-dealkylation sites (N-methyl/N-ethyl adjacent to an activating group) is 1. The molecule has 4 saturated heterocycles. The molecule has 17 heteroatoms. The summed E-state index contributed by atoms with van der Waals surface area (Å²) in [5, 5.41) is 12.0. The average Bonchev–Trinajstić information content (AvgIpc) is 4.14. The first-order chi connectivity index (χ1) is 32.3. The summed E-state index contributed by atoms with van der Waals surface area (Å²) < 4.78 is 17.3. The number of carbonyl (C=O) groups is 4. The zero-order valence-electron chi connectivity index (χ0n) is 37.5. The van der Waals surface area contributed by atoms with Gasteiger partial charge in [-0.2, -0.15) is 5.10 Å². The minimum atomic E-state index is -0.749. The fourth-order valence-corrected chi connectivity index (χ4v) is 11.2. The molecule has 0 aliphatic carbocycles. The number of benzene rings is 3. The second-order valence-corrected chi connectivity index (χ2v) is 19.4. The molecule has 346 valence electrons. The Morgan fingerprint density at radius 3 is 2.36 bits per heavy atom. The van der Waals surface area contributed by atoms with Crippen molar-refractivity contribution in [3.05, 3.63) is 89.2 Å². The number of ether oxygens (including phenoxy) is 1. The number of aromatic nitrogens is 3. The third-order valence-electron chi connectivity index (χ3n) is 14.3. The van der Waals surface area contributed by atoms with E-state index in [-0.39, 0.29) is 24.3 Å². The number of hydrogen-bond acceptors (Lipinski definition) is 14. The van der Waals surface area contributed by atoms with Crippen LogP contribution in [0.3, 0.4) is 0 Å². The van der Waals surface area contributed by atoms with E-state index in [0.717, 1.165) is 111 Å². The Hall–Kier alpha value is -5.91. The minimum Gasteiger partial charge on any atom is -0.492 e. The average molecular weight is 915 g/mol. The smallest absolute Gasteiger partial charge is 0.255 e. The highest BCUT2D eigenvalue weighted by atomic mass is 32.2. The van der Waals surface area contributed by atoms with Crippen LogP contribution in [0.1, 0.15) is 70.4 Å². The number of fused-ring (bicyclic) bond motifs is 3. The van der Waals surface area contributed by atoms with E-state index in [1.165, 1.54) is 35.5 Å². The van der Waals surface area contributed by atoms with Gasteiger partial charge in [-0.15, -0.1) is 0 Å². The zero-order valence-corrected chi connectivity index (χ0v) is 38.3. The third kappa shape index (κ3) is 9.51. The van der Waals surface area contributed by atoms with Gasteiger partial charge in [0, 0.05) is 112 Å². The molecule has 7 heterocycles. The zero-order chi connectivity index (χ0) is 45.1. The van der Waals surface area contributed by atoms with Crippen LogP contribution in [0.15, 0.2) is 76.4 Å². The molecular weight excluding hydrogens is 857 g/mol. The molecule has 1 atom stereocenters. The summed E-state index contributed by atoms with van der Waals surface area (Å²) in [7, 11) is 1.56. The number of nitrogens with zero attached hydrogens (tertiary/aromatic N) is 8. The van der Waals surface area contributed by atoms with Gasteiger partial charge in [0.2, 0.25) is 11.8 Å². The van der Waals surface area contributed by atoms with Crippen LogP contribution in [0.2, 0.25) is 0 Å². The monoisotopic (exact) mass is 914 g/mol. The van der Waals surface area contributed by atoms with Crippen molar-refractivity contribution < 1.29 is 28.4 Å². The van der Waals surface area contributed by atoms with Gasteiger partial charge < -0.3 is 33.6 Å². The van der Waals surface area contributed by atoms with Gasteiger partial charge in [-0.25, -0.2) is 0 Å². The normalized spacial score (nSPS) is 20.0. The Bertz CT molecular complexity index is 2560. The highest BCUT2D eigenvalue weighted by molar-refractivity contribution is 8.00. The van der Waals surface area contributed by atoms with Crippen LogP contribution in [-0.4, -0.2) is 139 Å². The van der Waals surface area contributed by atoms with Crippen molar-refractivity contribution in [3.8, 4) is 5.75 Å². The van der Waals surface area contributed by atoms with Gasteiger partial charge >= 0.3 is 0 Å². The quantitative estimate of drug-likeness (QED) is 0.0809. The topological polar surface area (TPSA) is 162 Å². The van der Waals surface area contributed by atoms with Crippen molar-refractivity contribution in [1.29, 1.82) is 0 Å². The third-order valence-corrected chi connectivity index (χ3v) is 15.1. The number of amides is 3. The number of nitrogens with one attached hydrogen (secondary N) is 2. The van der Waals surface area contributed by atoms with Gasteiger partial charge in [0.25, 0.3) is 5.91 Å². The lowest BCUT2D eigenvalue weighted by Gasteiger charge is -2.41. The number of carbonyl (C=O) groups excluding carboxylic acids is 4. The summed E-state index contributed by atoms with van der Waals surface area (Å²) in [4.78, 5) is 62.2. The maximum absolute atomic E-state index is 13.6. The first kappa shape index (κ1) is 44.0. The van der Waals surface area contributed by atoms with Crippen LogP contribution in [0.4, 0.5) is 17.2 Å². The maximum atomic E-state index is 13.6. The molecule has 5 aliphatic rings. The molecule has 0 saturated carbocycles. The largest absolute Gasteiger partial charge is 0.492 e. The van der Waals surface area contributed by atoms with E-state index in [0.29, 0.717) is 42.3 Å². The molecule has 3 aromatic carbocycles. The molecule has 0 bridgehead atoms. The lowest BCUT2D eigenvalue weighted by Crippen LogP contribution is -2.53. The Kier molecular flexibility index (Phi) is 13.0. The van der Waals surface area contributed by atoms with Crippen molar-refractivity contribution in [2.45, 2.75) is 62.4 Å². The van der Waals surface area contributed by atoms with Crippen LogP contribution >= 0.6 is 11.9 Å². The van der Waals surface area contributed by atoms with Crippen LogP contribution < -0.4 is 24.6 Å². The standard InChI is InChI=1S/C49H58N10O6S/c1-54(42-8-9-44(61)51-48(42)62)49(63)41-28-38(7-6-35(41)32-60)57-19-12-34(13-20-57)29-55-17-10-33(11-18-55)30-56-21-23-58(24-22-56)37-4-2-5-39(27-37)66-53-47-45-43(65-52-47)26-36(31-59-16-3-15-50-59)40-14-25-64-46(40)45/h2-7,15-16,26-28,32-34,42H,8-14,17-25,29-31H2,1H3,(H,52,53)(H,51,61,62). The molecule has 4 fully saturated rings. The molecule has 3 amide bonds. The van der Waals surface area contributed by atoms with Gasteiger partial charge in [0.05, 0.1) is 18.7 Å². The van der Waals surface area contributed by atoms with E-state index in [4.69, 9.17) is 9.26 Å². The second-order valence-electron chi connectivity index (χ2n) is 18.5. The fraction of sp³-hybridized carbons (Fsp3) is 0.469. The van der Waals surface area contributed by atoms with Gasteiger partial charge in [-0.1, -0.05) is 11.2 Å². The van der Waals surface area contributed by atoms with Crippen LogP contribution in [0.5, 0.6) is 5.75 Å². The van der Waals surface area contributed by atoms with Gasteiger partial charge in [0.15, 0.2) is 17.7 Å². The first-order valence-electron chi connectivity index (χ1n) is 23.5. The van der Waals surface area contributed by atoms with Crippen molar-refractivity contribution in [2.24, 2.45) is 11.8 Å². The Balaban J connectivity index is 0.654. The molecule has 5 aromatic rings. The molecule has 16 nitrogen and oxygen atoms in total. The number of anilines is 3. The molecule has 0 radical (unpaired) electrons. The molecule has 1 unspecified atom stereocenters. The number of piperazine rings is 1. The van der Waals surface area contributed by atoms with E-state index in [2.05, 4.69) is 70.2 Å². The van der Waals surface area contributed by atoms with E-state index in [1.807, 2.05) is 23.0 Å². The van der Waals surface area contributed by atoms with Crippen molar-refractivity contribution >= 4 is 64.1 Å². The van der Waals surface area contributed by atoms with E-state index >= 15 is 0 Å². The molecule has 10 rings (SSSR count). The highest BCUT2D eigenvalue weighted by Gasteiger charge is 2.34. The molecule has 2 aromatic heterocycles. The van der Waals surface area contributed by atoms with Gasteiger partial charge in [-0.3, -0.25) is 34.1 Å². The summed E-state index contributed by atoms with van der Waals surface area (Å²) in [6.07, 6.45) is 10.4. The predicted octanol–water partition coefficient (Wildman–Crippen LogP) is 5.57. The highest BCUT2D eigenvalue weighted by Crippen LogP contribution is 2.42. The number of rotatable bonds is 14. The lowest BCUT2D eigenvalue weighted by molar-refractivity contribution is -0.136. The van der Waals surface area contributed by atoms with E-state index in [9.17, 15) is 19.2 Å². The summed E-state index contributed by atoms with van der Waals surface area (Å²) in [6, 6.07) is 17.4.